The zero-order valence-electron chi connectivity index (χ0n) is 12.6. The van der Waals surface area contributed by atoms with Gasteiger partial charge in [-0.05, 0) is 44.6 Å². The van der Waals surface area contributed by atoms with E-state index >= 15 is 0 Å². The fourth-order valence-corrected chi connectivity index (χ4v) is 3.80. The highest BCUT2D eigenvalue weighted by molar-refractivity contribution is 9.09. The maximum atomic E-state index is 11.9. The number of alkyl halides is 1. The van der Waals surface area contributed by atoms with Gasteiger partial charge in [0.05, 0.1) is 12.5 Å². The molecule has 0 N–H and O–H groups in total. The Morgan fingerprint density at radius 3 is 2.58 bits per heavy atom. The van der Waals surface area contributed by atoms with Crippen LogP contribution >= 0.6 is 15.9 Å². The molecule has 0 bridgehead atoms. The summed E-state index contributed by atoms with van der Waals surface area (Å²) in [6.07, 6.45) is 4.44. The van der Waals surface area contributed by atoms with Crippen molar-refractivity contribution in [3.8, 4) is 0 Å². The summed E-state index contributed by atoms with van der Waals surface area (Å²) in [6.45, 7) is 9.96. The second kappa shape index (κ2) is 8.25. The average molecular weight is 334 g/mol. The molecule has 0 radical (unpaired) electrons. The lowest BCUT2D eigenvalue weighted by Crippen LogP contribution is -2.45. The number of esters is 1. The lowest BCUT2D eigenvalue weighted by Gasteiger charge is -2.39. The minimum Gasteiger partial charge on any atom is -0.466 e. The number of halogens is 1. The van der Waals surface area contributed by atoms with E-state index < -0.39 is 0 Å². The van der Waals surface area contributed by atoms with Crippen LogP contribution in [0.5, 0.6) is 0 Å². The number of hydrogen-bond donors (Lipinski definition) is 0. The van der Waals surface area contributed by atoms with E-state index in [0.29, 0.717) is 12.0 Å². The summed E-state index contributed by atoms with van der Waals surface area (Å²) in [4.78, 5) is 14.3. The highest BCUT2D eigenvalue weighted by Gasteiger charge is 2.32. The van der Waals surface area contributed by atoms with Gasteiger partial charge < -0.3 is 9.64 Å². The molecule has 1 rings (SSSR count). The zero-order chi connectivity index (χ0) is 14.3. The molecule has 112 valence electrons. The van der Waals surface area contributed by atoms with Crippen LogP contribution in [0.4, 0.5) is 0 Å². The largest absolute Gasteiger partial charge is 0.466 e. The summed E-state index contributed by atoms with van der Waals surface area (Å²) in [6, 6.07) is 0. The van der Waals surface area contributed by atoms with Crippen LogP contribution in [0.25, 0.3) is 0 Å². The van der Waals surface area contributed by atoms with Crippen LogP contribution in [0.2, 0.25) is 0 Å². The first-order valence-electron chi connectivity index (χ1n) is 7.55. The molecule has 1 saturated heterocycles. The molecule has 3 nitrogen and oxygen atoms in total. The van der Waals surface area contributed by atoms with Gasteiger partial charge in [0.15, 0.2) is 0 Å². The molecular formula is C15H28BrNO2. The topological polar surface area (TPSA) is 29.5 Å². The Hall–Kier alpha value is -0.0900. The van der Waals surface area contributed by atoms with E-state index in [1.807, 2.05) is 6.92 Å². The molecular weight excluding hydrogens is 306 g/mol. The third-order valence-corrected chi connectivity index (χ3v) is 5.66. The first kappa shape index (κ1) is 17.0. The lowest BCUT2D eigenvalue weighted by molar-refractivity contribution is -0.150. The summed E-state index contributed by atoms with van der Waals surface area (Å²) in [5, 5.41) is 1.04. The minimum absolute atomic E-state index is 0.00959. The Morgan fingerprint density at radius 1 is 1.37 bits per heavy atom. The Morgan fingerprint density at radius 2 is 2.05 bits per heavy atom. The first-order valence-corrected chi connectivity index (χ1v) is 8.68. The molecule has 1 heterocycles. The molecule has 19 heavy (non-hydrogen) atoms. The maximum Gasteiger partial charge on any atom is 0.310 e. The van der Waals surface area contributed by atoms with E-state index in [2.05, 4.69) is 34.7 Å². The van der Waals surface area contributed by atoms with Gasteiger partial charge in [-0.1, -0.05) is 29.8 Å². The predicted octanol–water partition coefficient (Wildman–Crippen LogP) is 3.46. The molecule has 1 atom stereocenters. The molecule has 1 unspecified atom stereocenters. The van der Waals surface area contributed by atoms with Crippen LogP contribution in [0, 0.1) is 11.3 Å². The second-order valence-electron chi connectivity index (χ2n) is 5.67. The SMILES string of the molecule is CCOC(=O)C1CCCN(CC(CC)(CC)CBr)C1. The lowest BCUT2D eigenvalue weighted by atomic mass is 9.83. The Kier molecular flexibility index (Phi) is 7.37. The van der Waals surface area contributed by atoms with Gasteiger partial charge in [0.25, 0.3) is 0 Å². The first-order chi connectivity index (χ1) is 9.10. The number of carbonyl (C=O) groups excluding carboxylic acids is 1. The normalized spacial score (nSPS) is 21.4. The fourth-order valence-electron chi connectivity index (χ4n) is 2.83. The number of ether oxygens (including phenoxy) is 1. The second-order valence-corrected chi connectivity index (χ2v) is 6.23. The number of nitrogens with zero attached hydrogens (tertiary/aromatic N) is 1. The number of piperidine rings is 1. The van der Waals surface area contributed by atoms with E-state index in [9.17, 15) is 4.79 Å². The monoisotopic (exact) mass is 333 g/mol. The van der Waals surface area contributed by atoms with E-state index in [4.69, 9.17) is 4.74 Å². The van der Waals surface area contributed by atoms with Gasteiger partial charge in [0.1, 0.15) is 0 Å². The van der Waals surface area contributed by atoms with Gasteiger partial charge in [0.2, 0.25) is 0 Å². The summed E-state index contributed by atoms with van der Waals surface area (Å²) >= 11 is 3.67. The van der Waals surface area contributed by atoms with Crippen LogP contribution in [0.1, 0.15) is 46.5 Å². The van der Waals surface area contributed by atoms with Crippen LogP contribution in [-0.2, 0) is 9.53 Å². The molecule has 0 aromatic heterocycles. The van der Waals surface area contributed by atoms with E-state index in [1.54, 1.807) is 0 Å². The Bertz CT molecular complexity index is 271. The molecule has 0 aromatic rings. The van der Waals surface area contributed by atoms with Gasteiger partial charge >= 0.3 is 5.97 Å². The van der Waals surface area contributed by atoms with Crippen molar-refractivity contribution >= 4 is 21.9 Å². The molecule has 0 aliphatic carbocycles. The fraction of sp³-hybridized carbons (Fsp3) is 0.933. The van der Waals surface area contributed by atoms with Crippen molar-refractivity contribution in [2.24, 2.45) is 11.3 Å². The molecule has 0 saturated carbocycles. The zero-order valence-corrected chi connectivity index (χ0v) is 14.2. The third-order valence-electron chi connectivity index (χ3n) is 4.47. The van der Waals surface area contributed by atoms with Crippen molar-refractivity contribution in [3.63, 3.8) is 0 Å². The summed E-state index contributed by atoms with van der Waals surface area (Å²) < 4.78 is 5.16. The van der Waals surface area contributed by atoms with Crippen molar-refractivity contribution in [2.45, 2.75) is 46.5 Å². The quantitative estimate of drug-likeness (QED) is 0.527. The highest BCUT2D eigenvalue weighted by Crippen LogP contribution is 2.31. The van der Waals surface area contributed by atoms with Crippen molar-refractivity contribution in [1.29, 1.82) is 0 Å². The molecule has 0 aromatic carbocycles. The number of likely N-dealkylation sites (tertiary alicyclic amines) is 1. The predicted molar refractivity (Wildman–Crippen MR) is 82.6 cm³/mol. The number of hydrogen-bond acceptors (Lipinski definition) is 3. The summed E-state index contributed by atoms with van der Waals surface area (Å²) in [7, 11) is 0. The highest BCUT2D eigenvalue weighted by atomic mass is 79.9. The molecule has 0 spiro atoms. The number of rotatable bonds is 7. The van der Waals surface area contributed by atoms with Gasteiger partial charge in [-0.15, -0.1) is 0 Å². The Balaban J connectivity index is 2.57. The van der Waals surface area contributed by atoms with Crippen molar-refractivity contribution in [1.82, 2.24) is 4.90 Å². The van der Waals surface area contributed by atoms with Crippen LogP contribution < -0.4 is 0 Å². The van der Waals surface area contributed by atoms with Gasteiger partial charge in [0, 0.05) is 18.4 Å². The van der Waals surface area contributed by atoms with Crippen molar-refractivity contribution in [2.75, 3.05) is 31.6 Å². The minimum atomic E-state index is -0.00959. The van der Waals surface area contributed by atoms with E-state index in [1.165, 1.54) is 12.8 Å². The molecule has 1 aliphatic rings. The van der Waals surface area contributed by atoms with E-state index in [-0.39, 0.29) is 11.9 Å². The average Bonchev–Trinajstić information content (AvgIpc) is 2.45. The summed E-state index contributed by atoms with van der Waals surface area (Å²) in [5.41, 5.74) is 0.344. The van der Waals surface area contributed by atoms with Crippen molar-refractivity contribution < 1.29 is 9.53 Å². The maximum absolute atomic E-state index is 11.9. The third kappa shape index (κ3) is 4.75. The molecule has 4 heteroatoms. The van der Waals surface area contributed by atoms with E-state index in [0.717, 1.165) is 37.8 Å². The molecule has 1 aliphatic heterocycles. The van der Waals surface area contributed by atoms with Crippen LogP contribution in [0.15, 0.2) is 0 Å². The van der Waals surface area contributed by atoms with Crippen LogP contribution in [-0.4, -0.2) is 42.4 Å². The number of carbonyl (C=O) groups is 1. The molecule has 1 fully saturated rings. The van der Waals surface area contributed by atoms with Gasteiger partial charge in [-0.3, -0.25) is 4.79 Å². The standard InChI is InChI=1S/C15H28BrNO2/c1-4-15(5-2,11-16)12-17-9-7-8-13(10-17)14(18)19-6-3/h13H,4-12H2,1-3H3. The molecule has 0 amide bonds. The smallest absolute Gasteiger partial charge is 0.310 e. The Labute approximate surface area is 126 Å². The van der Waals surface area contributed by atoms with Gasteiger partial charge in [-0.2, -0.15) is 0 Å². The van der Waals surface area contributed by atoms with Crippen LogP contribution in [0.3, 0.4) is 0 Å². The summed E-state index contributed by atoms with van der Waals surface area (Å²) in [5.74, 6) is 0.0695. The van der Waals surface area contributed by atoms with Crippen molar-refractivity contribution in [3.05, 3.63) is 0 Å². The van der Waals surface area contributed by atoms with Gasteiger partial charge in [-0.25, -0.2) is 0 Å².